The van der Waals surface area contributed by atoms with Gasteiger partial charge in [-0.3, -0.25) is 0 Å². The van der Waals surface area contributed by atoms with E-state index in [-0.39, 0.29) is 5.41 Å². The zero-order chi connectivity index (χ0) is 32.7. The molecular weight excluding hydrogens is 601 g/mol. The van der Waals surface area contributed by atoms with Crippen molar-refractivity contribution in [1.82, 2.24) is 9.97 Å². The lowest BCUT2D eigenvalue weighted by Crippen LogP contribution is -2.15. The van der Waals surface area contributed by atoms with E-state index in [0.717, 1.165) is 33.8 Å². The lowest BCUT2D eigenvalue weighted by Gasteiger charge is -2.25. The van der Waals surface area contributed by atoms with Gasteiger partial charge in [-0.15, -0.1) is 0 Å². The van der Waals surface area contributed by atoms with Crippen molar-refractivity contribution < 1.29 is 9.47 Å². The molecule has 10 rings (SSSR count). The van der Waals surface area contributed by atoms with E-state index in [1.165, 1.54) is 43.8 Å². The zero-order valence-corrected chi connectivity index (χ0v) is 27.1. The monoisotopic (exact) mass is 630 g/mol. The van der Waals surface area contributed by atoms with E-state index in [0.29, 0.717) is 23.1 Å². The van der Waals surface area contributed by atoms with Crippen LogP contribution in [0.2, 0.25) is 0 Å². The SMILES string of the molecule is CC1(C)c2ccccc2-c2cc3c(cc21)Oc1ccc(-c2cc(-c4ccc5c(ccc6ccccc65)c4)nc(-c4ccccc4)n2)cc1O3. The van der Waals surface area contributed by atoms with Crippen molar-refractivity contribution in [2.24, 2.45) is 0 Å². The Morgan fingerprint density at radius 2 is 1.08 bits per heavy atom. The Hall–Kier alpha value is -6.26. The second-order valence-electron chi connectivity index (χ2n) is 13.4. The molecule has 8 aromatic rings. The van der Waals surface area contributed by atoms with Crippen LogP contribution in [0.15, 0.2) is 146 Å². The van der Waals surface area contributed by atoms with Crippen molar-refractivity contribution in [2.45, 2.75) is 19.3 Å². The van der Waals surface area contributed by atoms with Crippen molar-refractivity contribution in [3.8, 4) is 68.0 Å². The van der Waals surface area contributed by atoms with Gasteiger partial charge in [-0.1, -0.05) is 117 Å². The molecule has 2 heterocycles. The summed E-state index contributed by atoms with van der Waals surface area (Å²) in [5, 5.41) is 4.88. The molecule has 0 atom stereocenters. The zero-order valence-electron chi connectivity index (χ0n) is 27.1. The first-order valence-corrected chi connectivity index (χ1v) is 16.6. The molecule has 4 nitrogen and oxygen atoms in total. The second kappa shape index (κ2) is 10.4. The Balaban J connectivity index is 1.07. The standard InChI is InChI=1S/C45H30N2O2/c1-45(2)36-15-9-8-14-34(36)35-24-42-43(25-37(35)45)48-40-21-19-31(23-41(40)49-42)39-26-38(46-44(47-39)28-11-4-3-5-12-28)30-18-20-33-29(22-30)17-16-27-10-6-7-13-32(27)33/h3-26H,1-2H3. The molecule has 1 aromatic heterocycles. The van der Waals surface area contributed by atoms with E-state index in [2.05, 4.69) is 111 Å². The molecule has 0 saturated carbocycles. The van der Waals surface area contributed by atoms with Gasteiger partial charge in [0.2, 0.25) is 0 Å². The summed E-state index contributed by atoms with van der Waals surface area (Å²) in [5.41, 5.74) is 9.48. The number of benzene rings is 7. The summed E-state index contributed by atoms with van der Waals surface area (Å²) in [5.74, 6) is 3.47. The van der Waals surface area contributed by atoms with Gasteiger partial charge >= 0.3 is 0 Å². The van der Waals surface area contributed by atoms with E-state index in [4.69, 9.17) is 19.4 Å². The summed E-state index contributed by atoms with van der Waals surface area (Å²) in [6.45, 7) is 4.54. The Morgan fingerprint density at radius 3 is 1.96 bits per heavy atom. The fraction of sp³-hybridized carbons (Fsp3) is 0.0667. The summed E-state index contributed by atoms with van der Waals surface area (Å²) < 4.78 is 13.1. The quantitative estimate of drug-likeness (QED) is 0.182. The lowest BCUT2D eigenvalue weighted by atomic mass is 9.82. The summed E-state index contributed by atoms with van der Waals surface area (Å²) in [6.07, 6.45) is 0. The molecule has 232 valence electrons. The van der Waals surface area contributed by atoms with Crippen LogP contribution in [0, 0.1) is 0 Å². The molecule has 0 radical (unpaired) electrons. The first kappa shape index (κ1) is 27.8. The average molecular weight is 631 g/mol. The van der Waals surface area contributed by atoms with Gasteiger partial charge in [-0.2, -0.15) is 0 Å². The van der Waals surface area contributed by atoms with Gasteiger partial charge < -0.3 is 9.47 Å². The highest BCUT2D eigenvalue weighted by Crippen LogP contribution is 2.55. The third-order valence-corrected chi connectivity index (χ3v) is 10.1. The van der Waals surface area contributed by atoms with Crippen LogP contribution in [-0.4, -0.2) is 9.97 Å². The number of rotatable bonds is 3. The van der Waals surface area contributed by atoms with Crippen LogP contribution >= 0.6 is 0 Å². The largest absolute Gasteiger partial charge is 0.450 e. The highest BCUT2D eigenvalue weighted by atomic mass is 16.6. The van der Waals surface area contributed by atoms with E-state index in [9.17, 15) is 0 Å². The fourth-order valence-corrected chi connectivity index (χ4v) is 7.57. The number of nitrogens with zero attached hydrogens (tertiary/aromatic N) is 2. The number of ether oxygens (including phenoxy) is 2. The first-order valence-electron chi connectivity index (χ1n) is 16.6. The molecular formula is C45H30N2O2. The molecule has 0 amide bonds. The molecule has 0 spiro atoms. The van der Waals surface area contributed by atoms with Crippen LogP contribution < -0.4 is 9.47 Å². The van der Waals surface area contributed by atoms with Crippen molar-refractivity contribution in [1.29, 1.82) is 0 Å². The maximum absolute atomic E-state index is 6.59. The van der Waals surface area contributed by atoms with Gasteiger partial charge in [0.25, 0.3) is 0 Å². The molecule has 4 heteroatoms. The minimum absolute atomic E-state index is 0.117. The average Bonchev–Trinajstić information content (AvgIpc) is 3.37. The first-order chi connectivity index (χ1) is 24.0. The van der Waals surface area contributed by atoms with Gasteiger partial charge in [-0.25, -0.2) is 9.97 Å². The smallest absolute Gasteiger partial charge is 0.170 e. The summed E-state index contributed by atoms with van der Waals surface area (Å²) in [4.78, 5) is 10.2. The third kappa shape index (κ3) is 4.38. The Kier molecular flexibility index (Phi) is 5.89. The van der Waals surface area contributed by atoms with Gasteiger partial charge in [-0.05, 0) is 86.3 Å². The maximum atomic E-state index is 6.59. The molecule has 0 N–H and O–H groups in total. The van der Waals surface area contributed by atoms with E-state index in [1.54, 1.807) is 0 Å². The van der Waals surface area contributed by atoms with Crippen molar-refractivity contribution in [3.05, 3.63) is 157 Å². The van der Waals surface area contributed by atoms with Gasteiger partial charge in [0, 0.05) is 22.1 Å². The van der Waals surface area contributed by atoms with Crippen LogP contribution in [0.4, 0.5) is 0 Å². The third-order valence-electron chi connectivity index (χ3n) is 10.1. The normalized spacial score (nSPS) is 13.6. The minimum atomic E-state index is -0.117. The molecule has 0 saturated heterocycles. The van der Waals surface area contributed by atoms with Crippen molar-refractivity contribution >= 4 is 21.5 Å². The van der Waals surface area contributed by atoms with E-state index < -0.39 is 0 Å². The van der Waals surface area contributed by atoms with Crippen LogP contribution in [0.5, 0.6) is 23.0 Å². The summed E-state index contributed by atoms with van der Waals surface area (Å²) >= 11 is 0. The summed E-state index contributed by atoms with van der Waals surface area (Å²) in [7, 11) is 0. The Labute approximate surface area is 284 Å². The van der Waals surface area contributed by atoms with E-state index in [1.807, 2.05) is 48.5 Å². The van der Waals surface area contributed by atoms with Crippen LogP contribution in [0.3, 0.4) is 0 Å². The lowest BCUT2D eigenvalue weighted by molar-refractivity contribution is 0.359. The van der Waals surface area contributed by atoms with Gasteiger partial charge in [0.1, 0.15) is 0 Å². The van der Waals surface area contributed by atoms with Crippen molar-refractivity contribution in [2.75, 3.05) is 0 Å². The van der Waals surface area contributed by atoms with Gasteiger partial charge in [0.15, 0.2) is 28.8 Å². The molecule has 1 aliphatic heterocycles. The molecule has 1 aliphatic carbocycles. The number of hydrogen-bond acceptors (Lipinski definition) is 4. The number of aromatic nitrogens is 2. The predicted molar refractivity (Wildman–Crippen MR) is 198 cm³/mol. The maximum Gasteiger partial charge on any atom is 0.170 e. The van der Waals surface area contributed by atoms with Crippen LogP contribution in [-0.2, 0) is 5.41 Å². The molecule has 0 unspecified atom stereocenters. The second-order valence-corrected chi connectivity index (χ2v) is 13.4. The number of hydrogen-bond donors (Lipinski definition) is 0. The Bertz CT molecular complexity index is 2640. The predicted octanol–water partition coefficient (Wildman–Crippen LogP) is 12.0. The molecule has 7 aromatic carbocycles. The fourth-order valence-electron chi connectivity index (χ4n) is 7.57. The van der Waals surface area contributed by atoms with Crippen LogP contribution in [0.25, 0.3) is 66.6 Å². The van der Waals surface area contributed by atoms with E-state index >= 15 is 0 Å². The molecule has 0 bridgehead atoms. The summed E-state index contributed by atoms with van der Waals surface area (Å²) in [6, 6.07) is 50.6. The Morgan fingerprint density at radius 1 is 0.429 bits per heavy atom. The highest BCUT2D eigenvalue weighted by molar-refractivity contribution is 6.08. The highest BCUT2D eigenvalue weighted by Gasteiger charge is 2.37. The minimum Gasteiger partial charge on any atom is -0.450 e. The van der Waals surface area contributed by atoms with Gasteiger partial charge in [0.05, 0.1) is 11.4 Å². The molecule has 2 aliphatic rings. The van der Waals surface area contributed by atoms with Crippen LogP contribution in [0.1, 0.15) is 25.0 Å². The van der Waals surface area contributed by atoms with Crippen molar-refractivity contribution in [3.63, 3.8) is 0 Å². The molecule has 0 fully saturated rings. The number of fused-ring (bicyclic) bond motifs is 8. The molecule has 49 heavy (non-hydrogen) atoms. The topological polar surface area (TPSA) is 44.2 Å².